The molecule has 98 valence electrons. The first kappa shape index (κ1) is 12.2. The lowest BCUT2D eigenvalue weighted by atomic mass is 9.68. The molecule has 0 spiro atoms. The maximum atomic E-state index is 11.3. The predicted molar refractivity (Wildman–Crippen MR) is 74.2 cm³/mol. The van der Waals surface area contributed by atoms with Crippen molar-refractivity contribution in [2.45, 2.75) is 46.1 Å². The molecule has 1 aromatic heterocycles. The van der Waals surface area contributed by atoms with Crippen molar-refractivity contribution in [1.82, 2.24) is 9.55 Å². The van der Waals surface area contributed by atoms with Crippen LogP contribution < -0.4 is 5.56 Å². The number of fused-ring (bicyclic) bond motifs is 2. The van der Waals surface area contributed by atoms with Gasteiger partial charge in [-0.15, -0.1) is 0 Å². The molecule has 0 amide bonds. The zero-order chi connectivity index (χ0) is 13.1. The maximum Gasteiger partial charge on any atom is 0.251 e. The molecule has 0 aliphatic heterocycles. The van der Waals surface area contributed by atoms with Gasteiger partial charge < -0.3 is 4.57 Å². The molecule has 3 rings (SSSR count). The van der Waals surface area contributed by atoms with E-state index in [-0.39, 0.29) is 11.0 Å². The third-order valence-corrected chi connectivity index (χ3v) is 5.64. The number of nitrogens with one attached hydrogen (secondary N) is 1. The van der Waals surface area contributed by atoms with Crippen LogP contribution in [0.5, 0.6) is 0 Å². The third kappa shape index (κ3) is 1.48. The molecule has 0 radical (unpaired) electrons. The highest BCUT2D eigenvalue weighted by atomic mass is 32.1. The number of hydrogen-bond acceptors (Lipinski definition) is 2. The van der Waals surface area contributed by atoms with Gasteiger partial charge in [-0.1, -0.05) is 20.8 Å². The fraction of sp³-hybridized carbons (Fsp3) is 0.714. The summed E-state index contributed by atoms with van der Waals surface area (Å²) >= 11 is 5.35. The lowest BCUT2D eigenvalue weighted by molar-refractivity contribution is 0.0810. The summed E-state index contributed by atoms with van der Waals surface area (Å²) in [7, 11) is 0. The molecule has 2 bridgehead atoms. The minimum absolute atomic E-state index is 0.109. The largest absolute Gasteiger partial charge is 0.321 e. The molecule has 2 aliphatic carbocycles. The van der Waals surface area contributed by atoms with Crippen molar-refractivity contribution in [3.05, 3.63) is 27.4 Å². The van der Waals surface area contributed by atoms with Gasteiger partial charge >= 0.3 is 0 Å². The molecule has 18 heavy (non-hydrogen) atoms. The lowest BCUT2D eigenvalue weighted by Crippen LogP contribution is -2.38. The van der Waals surface area contributed by atoms with E-state index in [0.717, 1.165) is 5.92 Å². The average molecular weight is 264 g/mol. The minimum Gasteiger partial charge on any atom is -0.321 e. The van der Waals surface area contributed by atoms with Crippen molar-refractivity contribution in [1.29, 1.82) is 0 Å². The van der Waals surface area contributed by atoms with E-state index >= 15 is 0 Å². The second kappa shape index (κ2) is 3.56. The molecule has 4 heteroatoms. The van der Waals surface area contributed by atoms with Crippen molar-refractivity contribution >= 4 is 12.2 Å². The molecule has 0 saturated heterocycles. The summed E-state index contributed by atoms with van der Waals surface area (Å²) in [6, 6.07) is 1.98. The number of nitrogens with zero attached hydrogens (tertiary/aromatic N) is 1. The van der Waals surface area contributed by atoms with Crippen molar-refractivity contribution < 1.29 is 0 Å². The van der Waals surface area contributed by atoms with Gasteiger partial charge in [0.15, 0.2) is 4.77 Å². The van der Waals surface area contributed by atoms with Crippen molar-refractivity contribution in [2.24, 2.45) is 16.7 Å². The highest BCUT2D eigenvalue weighted by molar-refractivity contribution is 7.71. The number of H-pyrrole nitrogens is 1. The summed E-state index contributed by atoms with van der Waals surface area (Å²) in [5.74, 6) is 0.779. The van der Waals surface area contributed by atoms with Crippen LogP contribution in [0.4, 0.5) is 0 Å². The molecule has 3 nitrogen and oxygen atoms in total. The van der Waals surface area contributed by atoms with Gasteiger partial charge in [-0.05, 0) is 48.2 Å². The van der Waals surface area contributed by atoms with E-state index in [1.807, 2.05) is 6.20 Å². The molecule has 3 unspecified atom stereocenters. The normalized spacial score (nSPS) is 37.1. The first-order valence-corrected chi connectivity index (χ1v) is 7.07. The van der Waals surface area contributed by atoms with Crippen LogP contribution in [0.15, 0.2) is 17.1 Å². The Morgan fingerprint density at radius 2 is 2.17 bits per heavy atom. The van der Waals surface area contributed by atoms with Gasteiger partial charge in [-0.2, -0.15) is 0 Å². The van der Waals surface area contributed by atoms with Crippen molar-refractivity contribution in [3.8, 4) is 0 Å². The summed E-state index contributed by atoms with van der Waals surface area (Å²) < 4.78 is 2.69. The standard InChI is InChI=1S/C14H20N2OS/c1-13(2)9-4-6-14(3,8-9)11(13)16-7-5-10(17)15-12(16)18/h5,7,9,11H,4,6,8H2,1-3H3,(H,15,17,18). The molecular weight excluding hydrogens is 244 g/mol. The zero-order valence-electron chi connectivity index (χ0n) is 11.2. The van der Waals surface area contributed by atoms with Crippen LogP contribution in [0.25, 0.3) is 0 Å². The first-order valence-electron chi connectivity index (χ1n) is 6.66. The van der Waals surface area contributed by atoms with Crippen molar-refractivity contribution in [3.63, 3.8) is 0 Å². The van der Waals surface area contributed by atoms with Crippen LogP contribution >= 0.6 is 12.2 Å². The van der Waals surface area contributed by atoms with Gasteiger partial charge in [0.2, 0.25) is 0 Å². The maximum absolute atomic E-state index is 11.3. The van der Waals surface area contributed by atoms with Crippen LogP contribution in [0.2, 0.25) is 0 Å². The van der Waals surface area contributed by atoms with Gasteiger partial charge in [0, 0.05) is 18.3 Å². The topological polar surface area (TPSA) is 37.8 Å². The van der Waals surface area contributed by atoms with E-state index in [0.29, 0.717) is 16.2 Å². The number of aromatic amines is 1. The number of rotatable bonds is 1. The second-order valence-electron chi connectivity index (χ2n) is 6.84. The monoisotopic (exact) mass is 264 g/mol. The van der Waals surface area contributed by atoms with E-state index < -0.39 is 0 Å². The Morgan fingerprint density at radius 3 is 2.72 bits per heavy atom. The first-order chi connectivity index (χ1) is 8.34. The Kier molecular flexibility index (Phi) is 2.40. The third-order valence-electron chi connectivity index (χ3n) is 5.32. The average Bonchev–Trinajstić information content (AvgIpc) is 2.72. The number of hydrogen-bond donors (Lipinski definition) is 1. The van der Waals surface area contributed by atoms with Gasteiger partial charge in [0.05, 0.1) is 0 Å². The van der Waals surface area contributed by atoms with Crippen LogP contribution in [-0.4, -0.2) is 9.55 Å². The van der Waals surface area contributed by atoms with Crippen LogP contribution in [0.1, 0.15) is 46.1 Å². The SMILES string of the molecule is CC12CCC(C1)C(C)(C)C2n1ccc(=O)[nH]c1=S. The molecule has 1 aromatic rings. The van der Waals surface area contributed by atoms with Gasteiger partial charge in [0.1, 0.15) is 0 Å². The van der Waals surface area contributed by atoms with E-state index in [1.54, 1.807) is 6.07 Å². The predicted octanol–water partition coefficient (Wildman–Crippen LogP) is 3.29. The molecule has 1 N–H and O–H groups in total. The van der Waals surface area contributed by atoms with E-state index in [4.69, 9.17) is 12.2 Å². The highest BCUT2D eigenvalue weighted by Gasteiger charge is 2.60. The van der Waals surface area contributed by atoms with E-state index in [2.05, 4.69) is 30.3 Å². The smallest absolute Gasteiger partial charge is 0.251 e. The number of aromatic nitrogens is 2. The Labute approximate surface area is 112 Å². The summed E-state index contributed by atoms with van der Waals surface area (Å²) in [6.45, 7) is 7.07. The summed E-state index contributed by atoms with van der Waals surface area (Å²) in [5, 5.41) is 0. The molecular formula is C14H20N2OS. The van der Waals surface area contributed by atoms with E-state index in [1.165, 1.54) is 19.3 Å². The summed E-state index contributed by atoms with van der Waals surface area (Å²) in [4.78, 5) is 14.1. The molecule has 2 aliphatic rings. The highest BCUT2D eigenvalue weighted by Crippen LogP contribution is 2.67. The van der Waals surface area contributed by atoms with E-state index in [9.17, 15) is 4.79 Å². The van der Waals surface area contributed by atoms with Crippen LogP contribution in [-0.2, 0) is 0 Å². The molecule has 0 aromatic carbocycles. The quantitative estimate of drug-likeness (QED) is 0.790. The molecule has 3 atom stereocenters. The van der Waals surface area contributed by atoms with Crippen LogP contribution in [0.3, 0.4) is 0 Å². The molecule has 2 fully saturated rings. The van der Waals surface area contributed by atoms with Gasteiger partial charge in [-0.3, -0.25) is 9.78 Å². The molecule has 2 saturated carbocycles. The fourth-order valence-electron chi connectivity index (χ4n) is 4.60. The Bertz CT molecular complexity index is 596. The van der Waals surface area contributed by atoms with Crippen LogP contribution in [0, 0.1) is 21.5 Å². The Hall–Kier alpha value is -0.900. The minimum atomic E-state index is -0.109. The lowest BCUT2D eigenvalue weighted by Gasteiger charge is -2.43. The summed E-state index contributed by atoms with van der Waals surface area (Å²) in [6.07, 6.45) is 5.76. The Morgan fingerprint density at radius 1 is 1.44 bits per heavy atom. The Balaban J connectivity index is 2.16. The molecule has 1 heterocycles. The zero-order valence-corrected chi connectivity index (χ0v) is 12.0. The fourth-order valence-corrected chi connectivity index (χ4v) is 4.87. The van der Waals surface area contributed by atoms with Gasteiger partial charge in [0.25, 0.3) is 5.56 Å². The van der Waals surface area contributed by atoms with Crippen molar-refractivity contribution in [2.75, 3.05) is 0 Å². The summed E-state index contributed by atoms with van der Waals surface area (Å²) in [5.41, 5.74) is 0.469. The van der Waals surface area contributed by atoms with Gasteiger partial charge in [-0.25, -0.2) is 0 Å². The second-order valence-corrected chi connectivity index (χ2v) is 7.22.